The van der Waals surface area contributed by atoms with E-state index in [0.29, 0.717) is 0 Å². The summed E-state index contributed by atoms with van der Waals surface area (Å²) in [5, 5.41) is 0. The van der Waals surface area contributed by atoms with Crippen LogP contribution in [-0.2, 0) is 12.8 Å². The molecule has 0 bridgehead atoms. The van der Waals surface area contributed by atoms with Gasteiger partial charge >= 0.3 is 0 Å². The lowest BCUT2D eigenvalue weighted by Crippen LogP contribution is -2.60. The second kappa shape index (κ2) is 6.02. The van der Waals surface area contributed by atoms with Gasteiger partial charge in [0, 0.05) is 36.3 Å². The number of likely N-dealkylation sites (tertiary alicyclic amines) is 1. The van der Waals surface area contributed by atoms with Crippen LogP contribution in [0.15, 0.2) is 30.6 Å². The van der Waals surface area contributed by atoms with Crippen molar-refractivity contribution >= 4 is 29.0 Å². The van der Waals surface area contributed by atoms with E-state index in [1.54, 1.807) is 23.7 Å². The van der Waals surface area contributed by atoms with Gasteiger partial charge in [0.2, 0.25) is 0 Å². The Hall–Kier alpha value is -1.53. The van der Waals surface area contributed by atoms with Crippen LogP contribution >= 0.6 is 23.1 Å². The number of carbonyl (C=O) groups is 1. The van der Waals surface area contributed by atoms with Crippen molar-refractivity contribution in [2.75, 3.05) is 18.8 Å². The molecule has 6 heteroatoms. The Labute approximate surface area is 155 Å². The van der Waals surface area contributed by atoms with Crippen LogP contribution in [0.2, 0.25) is 0 Å². The van der Waals surface area contributed by atoms with Crippen LogP contribution in [0.5, 0.6) is 5.75 Å². The second-order valence-corrected chi connectivity index (χ2v) is 9.83. The fraction of sp³-hybridized carbons (Fsp3) is 0.474. The minimum atomic E-state index is 0.197. The van der Waals surface area contributed by atoms with Crippen molar-refractivity contribution in [1.29, 1.82) is 0 Å². The normalized spacial score (nSPS) is 23.5. The number of aryl methyl sites for hydroxylation is 2. The quantitative estimate of drug-likeness (QED) is 0.828. The van der Waals surface area contributed by atoms with E-state index in [-0.39, 0.29) is 16.8 Å². The van der Waals surface area contributed by atoms with Gasteiger partial charge in [0.25, 0.3) is 5.91 Å². The van der Waals surface area contributed by atoms with Crippen LogP contribution in [0, 0.1) is 0 Å². The molecule has 1 atom stereocenters. The van der Waals surface area contributed by atoms with Gasteiger partial charge in [0.15, 0.2) is 0 Å². The number of amides is 1. The third kappa shape index (κ3) is 2.85. The van der Waals surface area contributed by atoms with Gasteiger partial charge in [-0.1, -0.05) is 0 Å². The molecule has 5 rings (SSSR count). The Balaban J connectivity index is 1.19. The molecule has 2 fully saturated rings. The van der Waals surface area contributed by atoms with E-state index < -0.39 is 0 Å². The lowest BCUT2D eigenvalue weighted by molar-refractivity contribution is 0.0522. The number of fused-ring (bicyclic) bond motifs is 1. The van der Waals surface area contributed by atoms with Gasteiger partial charge in [0.05, 0.1) is 15.8 Å². The van der Waals surface area contributed by atoms with Crippen LogP contribution in [0.25, 0.3) is 0 Å². The molecule has 0 radical (unpaired) electrons. The summed E-state index contributed by atoms with van der Waals surface area (Å²) >= 11 is 3.67. The summed E-state index contributed by atoms with van der Waals surface area (Å²) in [7, 11) is 0. The van der Waals surface area contributed by atoms with E-state index in [2.05, 4.69) is 11.1 Å². The number of thioether (sulfide) groups is 1. The Morgan fingerprint density at radius 2 is 2.28 bits per heavy atom. The molecule has 1 amide bonds. The highest BCUT2D eigenvalue weighted by molar-refractivity contribution is 8.01. The van der Waals surface area contributed by atoms with Crippen molar-refractivity contribution < 1.29 is 9.53 Å². The first-order valence-corrected chi connectivity index (χ1v) is 10.6. The maximum Gasteiger partial charge on any atom is 0.264 e. The second-order valence-electron chi connectivity index (χ2n) is 7.20. The SMILES string of the molecule is O=C(c1cc2c(s1)CCC2)N1CC2(C[C@@H](Oc3cccnc3)CS2)C1. The first kappa shape index (κ1) is 15.7. The standard InChI is InChI=1S/C19H20N2O2S2/c22-18(17-7-13-3-1-5-16(13)25-17)21-11-19(12-21)8-15(10-24-19)23-14-4-2-6-20-9-14/h2,4,6-7,9,15H,1,3,5,8,10-12H2/t15-/m1/s1. The van der Waals surface area contributed by atoms with Crippen molar-refractivity contribution in [2.24, 2.45) is 0 Å². The van der Waals surface area contributed by atoms with Crippen LogP contribution in [0.1, 0.15) is 33.0 Å². The fourth-order valence-electron chi connectivity index (χ4n) is 4.09. The van der Waals surface area contributed by atoms with Crippen LogP contribution in [-0.4, -0.2) is 45.5 Å². The zero-order valence-corrected chi connectivity index (χ0v) is 15.6. The zero-order chi connectivity index (χ0) is 16.9. The molecule has 1 aliphatic carbocycles. The van der Waals surface area contributed by atoms with Gasteiger partial charge in [-0.15, -0.1) is 23.1 Å². The monoisotopic (exact) mass is 372 g/mol. The minimum absolute atomic E-state index is 0.197. The fourth-order valence-corrected chi connectivity index (χ4v) is 6.84. The van der Waals surface area contributed by atoms with E-state index in [1.165, 1.54) is 16.9 Å². The minimum Gasteiger partial charge on any atom is -0.488 e. The molecule has 2 saturated heterocycles. The first-order chi connectivity index (χ1) is 12.2. The molecule has 130 valence electrons. The molecule has 4 heterocycles. The number of hydrogen-bond donors (Lipinski definition) is 0. The third-order valence-corrected chi connectivity index (χ3v) is 8.12. The lowest BCUT2D eigenvalue weighted by Gasteiger charge is -2.47. The molecule has 0 saturated carbocycles. The highest BCUT2D eigenvalue weighted by Gasteiger charge is 2.51. The van der Waals surface area contributed by atoms with E-state index in [9.17, 15) is 4.79 Å². The van der Waals surface area contributed by atoms with Gasteiger partial charge in [-0.25, -0.2) is 0 Å². The molecule has 4 nitrogen and oxygen atoms in total. The number of pyridine rings is 1. The number of thiophene rings is 1. The molecule has 2 aromatic rings. The smallest absolute Gasteiger partial charge is 0.264 e. The zero-order valence-electron chi connectivity index (χ0n) is 13.9. The lowest BCUT2D eigenvalue weighted by atomic mass is 9.92. The molecule has 3 aliphatic rings. The van der Waals surface area contributed by atoms with Gasteiger partial charge in [-0.3, -0.25) is 9.78 Å². The summed E-state index contributed by atoms with van der Waals surface area (Å²) in [6.07, 6.45) is 8.30. The number of rotatable bonds is 3. The van der Waals surface area contributed by atoms with E-state index in [0.717, 1.165) is 48.7 Å². The van der Waals surface area contributed by atoms with Gasteiger partial charge < -0.3 is 9.64 Å². The number of carbonyl (C=O) groups excluding carboxylic acids is 1. The topological polar surface area (TPSA) is 42.4 Å². The summed E-state index contributed by atoms with van der Waals surface area (Å²) in [6.45, 7) is 1.71. The summed E-state index contributed by atoms with van der Waals surface area (Å²) in [6, 6.07) is 5.99. The Morgan fingerprint density at radius 3 is 3.08 bits per heavy atom. The highest BCUT2D eigenvalue weighted by atomic mass is 32.2. The van der Waals surface area contributed by atoms with Gasteiger partial charge in [-0.05, 0) is 43.0 Å². The van der Waals surface area contributed by atoms with Crippen LogP contribution < -0.4 is 4.74 Å². The molecule has 0 N–H and O–H groups in total. The average Bonchev–Trinajstić information content (AvgIpc) is 3.28. The van der Waals surface area contributed by atoms with E-state index in [4.69, 9.17) is 4.74 Å². The molecule has 0 aromatic carbocycles. The molecular weight excluding hydrogens is 352 g/mol. The molecule has 1 spiro atoms. The van der Waals surface area contributed by atoms with Gasteiger partial charge in [-0.2, -0.15) is 0 Å². The molecule has 0 unspecified atom stereocenters. The maximum absolute atomic E-state index is 12.7. The Bertz CT molecular complexity index is 778. The van der Waals surface area contributed by atoms with Crippen molar-refractivity contribution in [3.63, 3.8) is 0 Å². The summed E-state index contributed by atoms with van der Waals surface area (Å²) < 4.78 is 6.24. The van der Waals surface area contributed by atoms with Crippen molar-refractivity contribution in [3.8, 4) is 5.75 Å². The van der Waals surface area contributed by atoms with Gasteiger partial charge in [0.1, 0.15) is 11.9 Å². The van der Waals surface area contributed by atoms with E-state index >= 15 is 0 Å². The van der Waals surface area contributed by atoms with E-state index in [1.807, 2.05) is 28.8 Å². The Morgan fingerprint density at radius 1 is 1.36 bits per heavy atom. The number of hydrogen-bond acceptors (Lipinski definition) is 5. The van der Waals surface area contributed by atoms with Crippen LogP contribution in [0.4, 0.5) is 0 Å². The largest absolute Gasteiger partial charge is 0.488 e. The third-order valence-electron chi connectivity index (χ3n) is 5.31. The molecule has 2 aliphatic heterocycles. The summed E-state index contributed by atoms with van der Waals surface area (Å²) in [5.41, 5.74) is 1.41. The van der Waals surface area contributed by atoms with Crippen molar-refractivity contribution in [1.82, 2.24) is 9.88 Å². The van der Waals surface area contributed by atoms with Crippen molar-refractivity contribution in [2.45, 2.75) is 36.5 Å². The first-order valence-electron chi connectivity index (χ1n) is 8.82. The molecule has 2 aromatic heterocycles. The molecular formula is C19H20N2O2S2. The number of nitrogens with zero attached hydrogens (tertiary/aromatic N) is 2. The van der Waals surface area contributed by atoms with Crippen LogP contribution in [0.3, 0.4) is 0 Å². The molecule has 25 heavy (non-hydrogen) atoms. The predicted molar refractivity (Wildman–Crippen MR) is 101 cm³/mol. The summed E-state index contributed by atoms with van der Waals surface area (Å²) in [4.78, 5) is 21.2. The number of aromatic nitrogens is 1. The van der Waals surface area contributed by atoms with Crippen molar-refractivity contribution in [3.05, 3.63) is 45.9 Å². The summed E-state index contributed by atoms with van der Waals surface area (Å²) in [5.74, 6) is 2.05. The maximum atomic E-state index is 12.7. The Kier molecular flexibility index (Phi) is 3.78. The number of ether oxygens (including phenoxy) is 1. The average molecular weight is 373 g/mol. The predicted octanol–water partition coefficient (Wildman–Crippen LogP) is 3.41. The highest BCUT2D eigenvalue weighted by Crippen LogP contribution is 2.47.